The van der Waals surface area contributed by atoms with E-state index in [-0.39, 0.29) is 36.7 Å². The summed E-state index contributed by atoms with van der Waals surface area (Å²) in [4.78, 5) is 16.4. The van der Waals surface area contributed by atoms with Gasteiger partial charge in [-0.2, -0.15) is 0 Å². The van der Waals surface area contributed by atoms with Crippen molar-refractivity contribution in [3.63, 3.8) is 0 Å². The van der Waals surface area contributed by atoms with Gasteiger partial charge in [-0.3, -0.25) is 4.79 Å². The zero-order valence-corrected chi connectivity index (χ0v) is 14.8. The van der Waals surface area contributed by atoms with E-state index in [2.05, 4.69) is 19.0 Å². The Kier molecular flexibility index (Phi) is 6.77. The van der Waals surface area contributed by atoms with Gasteiger partial charge >= 0.3 is 0 Å². The number of amides is 1. The molecular weight excluding hydrogens is 310 g/mol. The molecule has 2 N–H and O–H groups in total. The molecule has 1 aromatic heterocycles. The summed E-state index contributed by atoms with van der Waals surface area (Å²) in [7, 11) is 1.93. The summed E-state index contributed by atoms with van der Waals surface area (Å²) < 4.78 is 5.22. The third-order valence-electron chi connectivity index (χ3n) is 4.51. The molecule has 0 aliphatic carbocycles. The van der Waals surface area contributed by atoms with Gasteiger partial charge in [0.1, 0.15) is 0 Å². The van der Waals surface area contributed by atoms with Crippen molar-refractivity contribution in [1.29, 1.82) is 0 Å². The third-order valence-corrected chi connectivity index (χ3v) is 4.51. The summed E-state index contributed by atoms with van der Waals surface area (Å²) in [6.07, 6.45) is 0.782. The Morgan fingerprint density at radius 2 is 2.12 bits per heavy atom. The Bertz CT molecular complexity index is 532. The van der Waals surface area contributed by atoms with Gasteiger partial charge in [0.05, 0.1) is 12.3 Å². The zero-order chi connectivity index (χ0) is 17.7. The van der Waals surface area contributed by atoms with Crippen LogP contribution in [0.4, 0.5) is 0 Å². The van der Waals surface area contributed by atoms with Gasteiger partial charge in [0.25, 0.3) is 5.91 Å². The lowest BCUT2D eigenvalue weighted by Crippen LogP contribution is -2.33. The average molecular weight is 339 g/mol. The molecule has 1 saturated heterocycles. The van der Waals surface area contributed by atoms with Gasteiger partial charge in [-0.1, -0.05) is 19.0 Å². The van der Waals surface area contributed by atoms with Crippen LogP contribution in [0.5, 0.6) is 0 Å². The summed E-state index contributed by atoms with van der Waals surface area (Å²) in [5.74, 6) is 0.798. The molecule has 2 heterocycles. The zero-order valence-electron chi connectivity index (χ0n) is 14.8. The summed E-state index contributed by atoms with van der Waals surface area (Å²) >= 11 is 0. The number of likely N-dealkylation sites (N-methyl/N-ethyl adjacent to an activating group) is 1. The molecular formula is C17H29N3O4. The molecule has 0 unspecified atom stereocenters. The third kappa shape index (κ3) is 4.78. The molecule has 7 nitrogen and oxygen atoms in total. The van der Waals surface area contributed by atoms with Crippen molar-refractivity contribution in [3.8, 4) is 0 Å². The van der Waals surface area contributed by atoms with Crippen molar-refractivity contribution < 1.29 is 19.5 Å². The number of aliphatic hydroxyl groups excluding tert-OH is 2. The Labute approximate surface area is 143 Å². The monoisotopic (exact) mass is 339 g/mol. The van der Waals surface area contributed by atoms with E-state index >= 15 is 0 Å². The van der Waals surface area contributed by atoms with Crippen LogP contribution >= 0.6 is 0 Å². The van der Waals surface area contributed by atoms with Crippen LogP contribution in [0, 0.1) is 17.8 Å². The van der Waals surface area contributed by atoms with Crippen LogP contribution in [0.3, 0.4) is 0 Å². The number of carbonyl (C=O) groups excluding carboxylic acids is 1. The van der Waals surface area contributed by atoms with E-state index in [4.69, 9.17) is 9.63 Å². The normalized spacial score (nSPS) is 21.2. The Hall–Kier alpha value is -1.44. The molecule has 1 aliphatic rings. The molecule has 2 atom stereocenters. The number of carbonyl (C=O) groups is 1. The second-order valence-corrected chi connectivity index (χ2v) is 7.18. The first-order valence-corrected chi connectivity index (χ1v) is 8.59. The van der Waals surface area contributed by atoms with Crippen LogP contribution in [-0.2, 0) is 6.42 Å². The first-order chi connectivity index (χ1) is 11.4. The molecule has 7 heteroatoms. The van der Waals surface area contributed by atoms with Crippen LogP contribution in [0.15, 0.2) is 10.6 Å². The maximum absolute atomic E-state index is 12.6. The fourth-order valence-electron chi connectivity index (χ4n) is 3.26. The summed E-state index contributed by atoms with van der Waals surface area (Å²) in [6.45, 7) is 6.77. The highest BCUT2D eigenvalue weighted by molar-refractivity contribution is 5.91. The Morgan fingerprint density at radius 1 is 1.42 bits per heavy atom. The summed E-state index contributed by atoms with van der Waals surface area (Å²) in [6, 6.07) is 1.72. The van der Waals surface area contributed by atoms with Gasteiger partial charge in [-0.25, -0.2) is 0 Å². The molecule has 136 valence electrons. The van der Waals surface area contributed by atoms with Gasteiger partial charge in [0.2, 0.25) is 5.76 Å². The number of aromatic nitrogens is 1. The van der Waals surface area contributed by atoms with E-state index in [1.54, 1.807) is 11.0 Å². The standard InChI is InChI=1S/C17H29N3O4/c1-12(2)6-15-7-16(24-18-15)17(23)20-9-13(14(10-20)11-22)8-19(3)4-5-21/h7,12-14,21-22H,4-6,8-11H2,1-3H3/t13-,14-/m1/s1. The fourth-order valence-corrected chi connectivity index (χ4v) is 3.26. The van der Waals surface area contributed by atoms with Gasteiger partial charge in [0.15, 0.2) is 0 Å². The molecule has 1 aliphatic heterocycles. The van der Waals surface area contributed by atoms with E-state index in [1.165, 1.54) is 0 Å². The number of hydrogen-bond acceptors (Lipinski definition) is 6. The highest BCUT2D eigenvalue weighted by Crippen LogP contribution is 2.25. The van der Waals surface area contributed by atoms with Crippen molar-refractivity contribution in [2.75, 3.05) is 46.4 Å². The Morgan fingerprint density at radius 3 is 2.75 bits per heavy atom. The highest BCUT2D eigenvalue weighted by atomic mass is 16.5. The van der Waals surface area contributed by atoms with Crippen LogP contribution in [0.2, 0.25) is 0 Å². The fraction of sp³-hybridized carbons (Fsp3) is 0.765. The van der Waals surface area contributed by atoms with Crippen molar-refractivity contribution in [1.82, 2.24) is 15.0 Å². The lowest BCUT2D eigenvalue weighted by atomic mass is 9.96. The van der Waals surface area contributed by atoms with Gasteiger partial charge in [0, 0.05) is 44.8 Å². The van der Waals surface area contributed by atoms with Crippen LogP contribution in [0.25, 0.3) is 0 Å². The van der Waals surface area contributed by atoms with Crippen molar-refractivity contribution >= 4 is 5.91 Å². The number of likely N-dealkylation sites (tertiary alicyclic amines) is 1. The molecule has 0 bridgehead atoms. The molecule has 1 aromatic rings. The van der Waals surface area contributed by atoms with Gasteiger partial charge in [-0.05, 0) is 25.3 Å². The van der Waals surface area contributed by atoms with Crippen molar-refractivity contribution in [2.24, 2.45) is 17.8 Å². The van der Waals surface area contributed by atoms with Gasteiger partial charge in [-0.15, -0.1) is 0 Å². The largest absolute Gasteiger partial charge is 0.396 e. The summed E-state index contributed by atoms with van der Waals surface area (Å²) in [5, 5.41) is 22.6. The minimum absolute atomic E-state index is 0.0492. The molecule has 0 radical (unpaired) electrons. The number of rotatable bonds is 8. The van der Waals surface area contributed by atoms with Crippen molar-refractivity contribution in [3.05, 3.63) is 17.5 Å². The minimum Gasteiger partial charge on any atom is -0.396 e. The number of nitrogens with zero attached hydrogens (tertiary/aromatic N) is 3. The molecule has 24 heavy (non-hydrogen) atoms. The smallest absolute Gasteiger partial charge is 0.292 e. The minimum atomic E-state index is -0.164. The topological polar surface area (TPSA) is 90.0 Å². The number of hydrogen-bond donors (Lipinski definition) is 2. The molecule has 0 aromatic carbocycles. The first-order valence-electron chi connectivity index (χ1n) is 8.59. The highest BCUT2D eigenvalue weighted by Gasteiger charge is 2.36. The molecule has 0 spiro atoms. The Balaban J connectivity index is 1.98. The van der Waals surface area contributed by atoms with E-state index in [1.807, 2.05) is 11.9 Å². The SMILES string of the molecule is CC(C)Cc1cc(C(=O)N2C[C@@H](CN(C)CCO)[C@@H](CO)C2)on1. The first kappa shape index (κ1) is 18.9. The second kappa shape index (κ2) is 8.60. The second-order valence-electron chi connectivity index (χ2n) is 7.18. The molecule has 2 rings (SSSR count). The summed E-state index contributed by atoms with van der Waals surface area (Å²) in [5.41, 5.74) is 0.797. The van der Waals surface area contributed by atoms with E-state index in [0.29, 0.717) is 25.6 Å². The van der Waals surface area contributed by atoms with E-state index < -0.39 is 0 Å². The predicted octanol–water partition coefficient (Wildman–Crippen LogP) is 0.478. The van der Waals surface area contributed by atoms with Crippen LogP contribution < -0.4 is 0 Å². The lowest BCUT2D eigenvalue weighted by Gasteiger charge is -2.22. The average Bonchev–Trinajstić information content (AvgIpc) is 3.13. The van der Waals surface area contributed by atoms with E-state index in [0.717, 1.165) is 18.7 Å². The quantitative estimate of drug-likeness (QED) is 0.716. The van der Waals surface area contributed by atoms with Crippen molar-refractivity contribution in [2.45, 2.75) is 20.3 Å². The van der Waals surface area contributed by atoms with Gasteiger partial charge < -0.3 is 24.5 Å². The van der Waals surface area contributed by atoms with Crippen LogP contribution in [0.1, 0.15) is 30.1 Å². The van der Waals surface area contributed by atoms with Crippen LogP contribution in [-0.4, -0.2) is 77.5 Å². The lowest BCUT2D eigenvalue weighted by molar-refractivity contribution is 0.0737. The maximum Gasteiger partial charge on any atom is 0.292 e. The van der Waals surface area contributed by atoms with E-state index in [9.17, 15) is 9.90 Å². The molecule has 1 fully saturated rings. The molecule has 0 saturated carbocycles. The predicted molar refractivity (Wildman–Crippen MR) is 89.6 cm³/mol. The maximum atomic E-state index is 12.6. The molecule has 1 amide bonds. The number of aliphatic hydroxyl groups is 2.